The fourth-order valence-electron chi connectivity index (χ4n) is 2.80. The summed E-state index contributed by atoms with van der Waals surface area (Å²) in [6.07, 6.45) is 2.28. The van der Waals surface area contributed by atoms with E-state index >= 15 is 0 Å². The zero-order chi connectivity index (χ0) is 14.1. The highest BCUT2D eigenvalue weighted by Crippen LogP contribution is 2.17. The fraction of sp³-hybridized carbons (Fsp3) is 0.467. The number of aromatic nitrogens is 2. The molecule has 5 heteroatoms. The van der Waals surface area contributed by atoms with Crippen LogP contribution < -0.4 is 10.9 Å². The van der Waals surface area contributed by atoms with E-state index in [0.717, 1.165) is 31.5 Å². The molecule has 1 fully saturated rings. The maximum atomic E-state index is 12.6. The molecule has 0 spiro atoms. The second-order valence-corrected chi connectivity index (χ2v) is 5.87. The molecule has 0 aliphatic carbocycles. The molecule has 1 N–H and O–H groups in total. The van der Waals surface area contributed by atoms with Crippen LogP contribution in [0.3, 0.4) is 0 Å². The monoisotopic (exact) mass is 291 g/mol. The highest BCUT2D eigenvalue weighted by molar-refractivity contribution is 6.28. The molecule has 1 aromatic carbocycles. The van der Waals surface area contributed by atoms with E-state index in [1.54, 1.807) is 4.57 Å². The number of hydrogen-bond acceptors (Lipinski definition) is 3. The van der Waals surface area contributed by atoms with Gasteiger partial charge >= 0.3 is 0 Å². The summed E-state index contributed by atoms with van der Waals surface area (Å²) in [5.41, 5.74) is 1.70. The van der Waals surface area contributed by atoms with Crippen LogP contribution in [0, 0.1) is 12.8 Å². The zero-order valence-electron chi connectivity index (χ0n) is 11.5. The summed E-state index contributed by atoms with van der Waals surface area (Å²) >= 11 is 6.20. The molecule has 1 atom stereocenters. The minimum absolute atomic E-state index is 0.0331. The molecule has 1 unspecified atom stereocenters. The summed E-state index contributed by atoms with van der Waals surface area (Å²) in [5.74, 6) is 0.447. The first-order chi connectivity index (χ1) is 9.65. The van der Waals surface area contributed by atoms with Crippen LogP contribution in [-0.2, 0) is 6.54 Å². The molecule has 4 nitrogen and oxygen atoms in total. The van der Waals surface area contributed by atoms with Crippen molar-refractivity contribution >= 4 is 22.5 Å². The molecule has 2 aromatic rings. The third kappa shape index (κ3) is 2.58. The van der Waals surface area contributed by atoms with Crippen molar-refractivity contribution in [2.24, 2.45) is 5.92 Å². The topological polar surface area (TPSA) is 46.9 Å². The Balaban J connectivity index is 2.03. The van der Waals surface area contributed by atoms with Crippen molar-refractivity contribution in [3.63, 3.8) is 0 Å². The van der Waals surface area contributed by atoms with Gasteiger partial charge < -0.3 is 5.32 Å². The first-order valence-corrected chi connectivity index (χ1v) is 7.40. The molecular weight excluding hydrogens is 274 g/mol. The van der Waals surface area contributed by atoms with Crippen LogP contribution in [0.5, 0.6) is 0 Å². The van der Waals surface area contributed by atoms with Gasteiger partial charge in [0.25, 0.3) is 5.56 Å². The van der Waals surface area contributed by atoms with Gasteiger partial charge in [-0.15, -0.1) is 0 Å². The lowest BCUT2D eigenvalue weighted by Crippen LogP contribution is -2.35. The molecule has 0 saturated carbocycles. The van der Waals surface area contributed by atoms with Crippen LogP contribution in [0.2, 0.25) is 5.28 Å². The van der Waals surface area contributed by atoms with Crippen molar-refractivity contribution in [1.29, 1.82) is 0 Å². The molecule has 1 aliphatic rings. The zero-order valence-corrected chi connectivity index (χ0v) is 12.3. The summed E-state index contributed by atoms with van der Waals surface area (Å²) in [7, 11) is 0. The van der Waals surface area contributed by atoms with E-state index in [-0.39, 0.29) is 10.8 Å². The van der Waals surface area contributed by atoms with E-state index < -0.39 is 0 Å². The van der Waals surface area contributed by atoms with Gasteiger partial charge in [-0.05, 0) is 62.5 Å². The second kappa shape index (κ2) is 5.54. The number of nitrogens with zero attached hydrogens (tertiary/aromatic N) is 2. The van der Waals surface area contributed by atoms with Crippen LogP contribution in [0.4, 0.5) is 0 Å². The Hall–Kier alpha value is -1.39. The molecule has 0 amide bonds. The van der Waals surface area contributed by atoms with Gasteiger partial charge in [-0.2, -0.15) is 0 Å². The van der Waals surface area contributed by atoms with E-state index in [9.17, 15) is 4.79 Å². The Kier molecular flexibility index (Phi) is 3.76. The molecule has 0 radical (unpaired) electrons. The number of piperidine rings is 1. The summed E-state index contributed by atoms with van der Waals surface area (Å²) in [6, 6.07) is 5.68. The largest absolute Gasteiger partial charge is 0.316 e. The van der Waals surface area contributed by atoms with Gasteiger partial charge in [0.2, 0.25) is 5.28 Å². The van der Waals surface area contributed by atoms with Crippen molar-refractivity contribution < 1.29 is 0 Å². The lowest BCUT2D eigenvalue weighted by molar-refractivity contribution is 0.333. The van der Waals surface area contributed by atoms with Gasteiger partial charge in [0.05, 0.1) is 10.9 Å². The number of fused-ring (bicyclic) bond motifs is 1. The molecule has 3 rings (SSSR count). The normalized spacial score (nSPS) is 19.4. The number of rotatable bonds is 2. The second-order valence-electron chi connectivity index (χ2n) is 5.53. The lowest BCUT2D eigenvalue weighted by atomic mass is 10.00. The average molecular weight is 292 g/mol. The first-order valence-electron chi connectivity index (χ1n) is 7.02. The maximum Gasteiger partial charge on any atom is 0.262 e. The number of hydrogen-bond donors (Lipinski definition) is 1. The van der Waals surface area contributed by atoms with Crippen LogP contribution in [0.25, 0.3) is 10.9 Å². The summed E-state index contributed by atoms with van der Waals surface area (Å²) in [4.78, 5) is 16.9. The Morgan fingerprint density at radius 3 is 3.10 bits per heavy atom. The van der Waals surface area contributed by atoms with Crippen molar-refractivity contribution in [1.82, 2.24) is 14.9 Å². The van der Waals surface area contributed by atoms with Gasteiger partial charge in [-0.25, -0.2) is 4.98 Å². The molecule has 1 aliphatic heterocycles. The van der Waals surface area contributed by atoms with E-state index in [1.165, 1.54) is 0 Å². The van der Waals surface area contributed by atoms with E-state index in [0.29, 0.717) is 23.4 Å². The van der Waals surface area contributed by atoms with Crippen LogP contribution in [0.15, 0.2) is 23.0 Å². The van der Waals surface area contributed by atoms with Crippen LogP contribution in [-0.4, -0.2) is 22.6 Å². The molecule has 1 saturated heterocycles. The minimum Gasteiger partial charge on any atom is -0.316 e. The molecule has 106 valence electrons. The predicted octanol–water partition coefficient (Wildman–Crippen LogP) is 2.36. The molecule has 0 bridgehead atoms. The highest BCUT2D eigenvalue weighted by Gasteiger charge is 2.17. The third-order valence-corrected chi connectivity index (χ3v) is 4.19. The average Bonchev–Trinajstić information content (AvgIpc) is 2.46. The Bertz CT molecular complexity index is 689. The fourth-order valence-corrected chi connectivity index (χ4v) is 3.04. The predicted molar refractivity (Wildman–Crippen MR) is 81.3 cm³/mol. The molecule has 20 heavy (non-hydrogen) atoms. The smallest absolute Gasteiger partial charge is 0.262 e. The van der Waals surface area contributed by atoms with E-state index in [1.807, 2.05) is 25.1 Å². The molecule has 1 aromatic heterocycles. The quantitative estimate of drug-likeness (QED) is 0.864. The SMILES string of the molecule is Cc1ccc2nc(Cl)n(CC3CCCNC3)c(=O)c2c1. The molecule has 2 heterocycles. The minimum atomic E-state index is -0.0331. The third-order valence-electron chi connectivity index (χ3n) is 3.90. The van der Waals surface area contributed by atoms with Crippen molar-refractivity contribution in [2.45, 2.75) is 26.3 Å². The van der Waals surface area contributed by atoms with Gasteiger partial charge in [-0.3, -0.25) is 9.36 Å². The number of halogens is 1. The van der Waals surface area contributed by atoms with E-state index in [2.05, 4.69) is 10.3 Å². The van der Waals surface area contributed by atoms with Crippen LogP contribution in [0.1, 0.15) is 18.4 Å². The standard InChI is InChI=1S/C15H18ClN3O/c1-10-4-5-13-12(7-10)14(20)19(15(16)18-13)9-11-3-2-6-17-8-11/h4-5,7,11,17H,2-3,6,8-9H2,1H3. The summed E-state index contributed by atoms with van der Waals surface area (Å²) in [5, 5.41) is 4.30. The van der Waals surface area contributed by atoms with Crippen molar-refractivity contribution in [3.8, 4) is 0 Å². The van der Waals surface area contributed by atoms with E-state index in [4.69, 9.17) is 11.6 Å². The number of benzene rings is 1. The number of nitrogens with one attached hydrogen (secondary N) is 1. The summed E-state index contributed by atoms with van der Waals surface area (Å²) < 4.78 is 1.61. The Morgan fingerprint density at radius 2 is 2.35 bits per heavy atom. The highest BCUT2D eigenvalue weighted by atomic mass is 35.5. The van der Waals surface area contributed by atoms with Gasteiger partial charge in [0.1, 0.15) is 0 Å². The van der Waals surface area contributed by atoms with Crippen LogP contribution >= 0.6 is 11.6 Å². The first kappa shape index (κ1) is 13.6. The van der Waals surface area contributed by atoms with Crippen molar-refractivity contribution in [2.75, 3.05) is 13.1 Å². The lowest BCUT2D eigenvalue weighted by Gasteiger charge is -2.23. The van der Waals surface area contributed by atoms with Gasteiger partial charge in [0, 0.05) is 6.54 Å². The Morgan fingerprint density at radius 1 is 1.50 bits per heavy atom. The number of aryl methyl sites for hydroxylation is 1. The van der Waals surface area contributed by atoms with Gasteiger partial charge in [-0.1, -0.05) is 11.6 Å². The molecular formula is C15H18ClN3O. The maximum absolute atomic E-state index is 12.6. The Labute approximate surface area is 122 Å². The summed E-state index contributed by atoms with van der Waals surface area (Å²) in [6.45, 7) is 4.62. The van der Waals surface area contributed by atoms with Gasteiger partial charge in [0.15, 0.2) is 0 Å². The van der Waals surface area contributed by atoms with Crippen molar-refractivity contribution in [3.05, 3.63) is 39.4 Å².